The molecule has 29 heavy (non-hydrogen) atoms. The summed E-state index contributed by atoms with van der Waals surface area (Å²) in [6, 6.07) is 10.6. The molecule has 0 spiro atoms. The van der Waals surface area contributed by atoms with Crippen LogP contribution in [0.4, 0.5) is 11.5 Å². The van der Waals surface area contributed by atoms with Gasteiger partial charge < -0.3 is 15.4 Å². The number of nitrogen functional groups attached to an aromatic ring is 1. The summed E-state index contributed by atoms with van der Waals surface area (Å²) < 4.78 is 5.31. The van der Waals surface area contributed by atoms with Gasteiger partial charge in [-0.3, -0.25) is 5.10 Å². The van der Waals surface area contributed by atoms with Gasteiger partial charge in [-0.25, -0.2) is 9.97 Å². The number of ether oxygens (including phenoxy) is 1. The highest BCUT2D eigenvalue weighted by molar-refractivity contribution is 5.97. The predicted molar refractivity (Wildman–Crippen MR) is 115 cm³/mol. The molecule has 3 aromatic heterocycles. The van der Waals surface area contributed by atoms with Gasteiger partial charge in [0.05, 0.1) is 7.11 Å². The first-order chi connectivity index (χ1) is 14.2. The first-order valence-electron chi connectivity index (χ1n) is 9.72. The minimum absolute atomic E-state index is 0.492. The zero-order valence-electron chi connectivity index (χ0n) is 16.2. The number of nitrogens with one attached hydrogen (secondary N) is 1. The van der Waals surface area contributed by atoms with Gasteiger partial charge in [0, 0.05) is 59.4 Å². The number of nitrogens with two attached hydrogens (primary N) is 1. The van der Waals surface area contributed by atoms with Crippen LogP contribution in [-0.4, -0.2) is 40.4 Å². The Hall–Kier alpha value is -3.61. The van der Waals surface area contributed by atoms with Crippen molar-refractivity contribution < 1.29 is 4.74 Å². The number of hydrogen-bond acceptors (Lipinski definition) is 6. The Kier molecular flexibility index (Phi) is 4.27. The SMILES string of the molecule is COc1ncc(-c2cnc(N)c(-c3ccc(N4CCCC4)cc3)c2)c2c[nH]nc12. The monoisotopic (exact) mass is 386 g/mol. The normalized spacial score (nSPS) is 13.9. The Labute approximate surface area is 168 Å². The molecule has 0 saturated carbocycles. The van der Waals surface area contributed by atoms with Crippen molar-refractivity contribution in [3.8, 4) is 28.1 Å². The standard InChI is InChI=1S/C22H22N6O/c1-29-22-20-19(13-26-27-20)18(12-25-22)15-10-17(21(23)24-11-15)14-4-6-16(7-5-14)28-8-2-3-9-28/h4-7,10-13H,2-3,8-9H2,1H3,(H2,23,24)(H,26,27). The molecule has 1 fully saturated rings. The molecule has 1 saturated heterocycles. The molecule has 7 nitrogen and oxygen atoms in total. The molecule has 0 radical (unpaired) electrons. The number of benzene rings is 1. The molecule has 1 aliphatic heterocycles. The van der Waals surface area contributed by atoms with Crippen molar-refractivity contribution >= 4 is 22.4 Å². The molecule has 0 atom stereocenters. The largest absolute Gasteiger partial charge is 0.479 e. The highest BCUT2D eigenvalue weighted by Gasteiger charge is 2.15. The van der Waals surface area contributed by atoms with Crippen molar-refractivity contribution in [2.24, 2.45) is 0 Å². The van der Waals surface area contributed by atoms with Crippen LogP contribution in [0.25, 0.3) is 33.2 Å². The molecule has 1 aliphatic rings. The van der Waals surface area contributed by atoms with Gasteiger partial charge in [0.1, 0.15) is 5.82 Å². The second-order valence-corrected chi connectivity index (χ2v) is 7.23. The predicted octanol–water partition coefficient (Wildman–Crippen LogP) is 3.88. The lowest BCUT2D eigenvalue weighted by molar-refractivity contribution is 0.402. The molecule has 0 bridgehead atoms. The van der Waals surface area contributed by atoms with Gasteiger partial charge in [0.15, 0.2) is 5.52 Å². The van der Waals surface area contributed by atoms with Crippen molar-refractivity contribution in [1.29, 1.82) is 0 Å². The summed E-state index contributed by atoms with van der Waals surface area (Å²) in [6.07, 6.45) is 7.92. The summed E-state index contributed by atoms with van der Waals surface area (Å²) in [5.74, 6) is 0.999. The first kappa shape index (κ1) is 17.5. The molecule has 0 amide bonds. The maximum atomic E-state index is 6.22. The summed E-state index contributed by atoms with van der Waals surface area (Å²) in [6.45, 7) is 2.26. The van der Waals surface area contributed by atoms with Gasteiger partial charge in [-0.2, -0.15) is 5.10 Å². The van der Waals surface area contributed by atoms with Crippen LogP contribution >= 0.6 is 0 Å². The van der Waals surface area contributed by atoms with Crippen molar-refractivity contribution in [1.82, 2.24) is 20.2 Å². The summed E-state index contributed by atoms with van der Waals surface area (Å²) >= 11 is 0. The summed E-state index contributed by atoms with van der Waals surface area (Å²) in [5.41, 5.74) is 12.0. The minimum Gasteiger partial charge on any atom is -0.479 e. The summed E-state index contributed by atoms with van der Waals surface area (Å²) in [5, 5.41) is 8.08. The summed E-state index contributed by atoms with van der Waals surface area (Å²) in [4.78, 5) is 11.2. The van der Waals surface area contributed by atoms with E-state index >= 15 is 0 Å². The average Bonchev–Trinajstić information content (AvgIpc) is 3.46. The van der Waals surface area contributed by atoms with Gasteiger partial charge in [-0.15, -0.1) is 0 Å². The zero-order valence-corrected chi connectivity index (χ0v) is 16.2. The van der Waals surface area contributed by atoms with Gasteiger partial charge in [0.2, 0.25) is 5.88 Å². The van der Waals surface area contributed by atoms with E-state index in [1.165, 1.54) is 18.5 Å². The number of fused-ring (bicyclic) bond motifs is 1. The van der Waals surface area contributed by atoms with E-state index in [9.17, 15) is 0 Å². The van der Waals surface area contributed by atoms with Crippen molar-refractivity contribution in [3.05, 3.63) is 48.9 Å². The Morgan fingerprint density at radius 3 is 2.55 bits per heavy atom. The Morgan fingerprint density at radius 1 is 1.00 bits per heavy atom. The van der Waals surface area contributed by atoms with Crippen molar-refractivity contribution in [2.45, 2.75) is 12.8 Å². The minimum atomic E-state index is 0.492. The van der Waals surface area contributed by atoms with E-state index in [0.717, 1.165) is 40.7 Å². The van der Waals surface area contributed by atoms with Gasteiger partial charge in [-0.05, 0) is 36.6 Å². The van der Waals surface area contributed by atoms with Crippen LogP contribution in [0, 0.1) is 0 Å². The number of nitrogens with zero attached hydrogens (tertiary/aromatic N) is 4. The molecule has 7 heteroatoms. The third kappa shape index (κ3) is 3.04. The van der Waals surface area contributed by atoms with Crippen molar-refractivity contribution in [3.63, 3.8) is 0 Å². The second-order valence-electron chi connectivity index (χ2n) is 7.23. The van der Waals surface area contributed by atoms with Crippen LogP contribution in [0.3, 0.4) is 0 Å². The number of H-pyrrole nitrogens is 1. The van der Waals surface area contributed by atoms with Crippen molar-refractivity contribution in [2.75, 3.05) is 30.8 Å². The molecular formula is C22H22N6O. The molecule has 3 N–H and O–H groups in total. The number of anilines is 2. The molecular weight excluding hydrogens is 364 g/mol. The Balaban J connectivity index is 1.55. The molecule has 4 aromatic rings. The summed E-state index contributed by atoms with van der Waals surface area (Å²) in [7, 11) is 1.59. The van der Waals surface area contributed by atoms with E-state index in [2.05, 4.69) is 55.4 Å². The van der Waals surface area contributed by atoms with Crippen LogP contribution < -0.4 is 15.4 Å². The van der Waals surface area contributed by atoms with E-state index in [0.29, 0.717) is 17.2 Å². The fourth-order valence-electron chi connectivity index (χ4n) is 3.97. The fraction of sp³-hybridized carbons (Fsp3) is 0.227. The molecule has 5 rings (SSSR count). The zero-order chi connectivity index (χ0) is 19.8. The van der Waals surface area contributed by atoms with E-state index in [1.54, 1.807) is 19.5 Å². The van der Waals surface area contributed by atoms with Gasteiger partial charge >= 0.3 is 0 Å². The topological polar surface area (TPSA) is 93.0 Å². The number of rotatable bonds is 4. The number of hydrogen-bond donors (Lipinski definition) is 2. The van der Waals surface area contributed by atoms with Gasteiger partial charge in [-0.1, -0.05) is 12.1 Å². The number of aromatic nitrogens is 4. The molecule has 1 aromatic carbocycles. The van der Waals surface area contributed by atoms with Crippen LogP contribution in [0.5, 0.6) is 5.88 Å². The lowest BCUT2D eigenvalue weighted by Crippen LogP contribution is -2.17. The highest BCUT2D eigenvalue weighted by atomic mass is 16.5. The lowest BCUT2D eigenvalue weighted by atomic mass is 10.00. The number of pyridine rings is 2. The fourth-order valence-corrected chi connectivity index (χ4v) is 3.97. The Morgan fingerprint density at radius 2 is 1.79 bits per heavy atom. The molecule has 0 aliphatic carbocycles. The lowest BCUT2D eigenvalue weighted by Gasteiger charge is -2.18. The average molecular weight is 386 g/mol. The first-order valence-corrected chi connectivity index (χ1v) is 9.72. The Bertz CT molecular complexity index is 1160. The van der Waals surface area contributed by atoms with E-state index in [1.807, 2.05) is 6.20 Å². The molecule has 0 unspecified atom stereocenters. The van der Waals surface area contributed by atoms with Crippen LogP contribution in [0.15, 0.2) is 48.9 Å². The quantitative estimate of drug-likeness (QED) is 0.553. The van der Waals surface area contributed by atoms with Gasteiger partial charge in [0.25, 0.3) is 0 Å². The van der Waals surface area contributed by atoms with Crippen LogP contribution in [0.2, 0.25) is 0 Å². The third-order valence-corrected chi connectivity index (χ3v) is 5.52. The number of methoxy groups -OCH3 is 1. The van der Waals surface area contributed by atoms with Crippen LogP contribution in [-0.2, 0) is 0 Å². The smallest absolute Gasteiger partial charge is 0.242 e. The highest BCUT2D eigenvalue weighted by Crippen LogP contribution is 2.35. The number of aromatic amines is 1. The van der Waals surface area contributed by atoms with Crippen LogP contribution in [0.1, 0.15) is 12.8 Å². The molecule has 4 heterocycles. The third-order valence-electron chi connectivity index (χ3n) is 5.52. The molecule has 146 valence electrons. The van der Waals surface area contributed by atoms with E-state index < -0.39 is 0 Å². The van der Waals surface area contributed by atoms with E-state index in [-0.39, 0.29) is 0 Å². The second kappa shape index (κ2) is 7.09. The maximum Gasteiger partial charge on any atom is 0.242 e. The maximum absolute atomic E-state index is 6.22. The van der Waals surface area contributed by atoms with E-state index in [4.69, 9.17) is 10.5 Å².